The number of nitrogens with one attached hydrogen (secondary N) is 1. The first-order chi connectivity index (χ1) is 11.9. The van der Waals surface area contributed by atoms with E-state index in [2.05, 4.69) is 15.3 Å². The number of fused-ring (bicyclic) bond motifs is 1. The number of nitrogens with zero attached hydrogens (tertiary/aromatic N) is 3. The molecule has 1 atom stereocenters. The van der Waals surface area contributed by atoms with Crippen LogP contribution in [0.15, 0.2) is 42.6 Å². The van der Waals surface area contributed by atoms with Crippen molar-refractivity contribution in [1.29, 1.82) is 0 Å². The van der Waals surface area contributed by atoms with Gasteiger partial charge in [0.15, 0.2) is 5.65 Å². The summed E-state index contributed by atoms with van der Waals surface area (Å²) in [5.41, 5.74) is 0.875. The number of halogens is 1. The van der Waals surface area contributed by atoms with Gasteiger partial charge in [0.25, 0.3) is 0 Å². The van der Waals surface area contributed by atoms with E-state index in [0.29, 0.717) is 16.8 Å². The maximum atomic E-state index is 12.8. The average molecular weight is 381 g/mol. The van der Waals surface area contributed by atoms with Crippen molar-refractivity contribution in [3.8, 4) is 0 Å². The van der Waals surface area contributed by atoms with E-state index in [4.69, 9.17) is 11.6 Å². The maximum Gasteiger partial charge on any atom is 0.244 e. The molecule has 0 radical (unpaired) electrons. The number of aliphatic hydroxyl groups excluding tert-OH is 1. The number of hydrogen-bond acceptors (Lipinski definition) is 6. The molecule has 2 N–H and O–H groups in total. The van der Waals surface area contributed by atoms with Crippen molar-refractivity contribution in [2.45, 2.75) is 18.7 Å². The fourth-order valence-electron chi connectivity index (χ4n) is 2.43. The summed E-state index contributed by atoms with van der Waals surface area (Å²) in [7, 11) is -3.67. The fraction of sp³-hybridized carbons (Fsp3) is 0.250. The number of anilines is 1. The second kappa shape index (κ2) is 6.99. The van der Waals surface area contributed by atoms with Crippen molar-refractivity contribution >= 4 is 38.5 Å². The summed E-state index contributed by atoms with van der Waals surface area (Å²) in [5, 5.41) is 12.6. The topological polar surface area (TPSA) is 97.1 Å². The SMILES string of the molecule is C[C@H](CO)Nc1nc(Cl)nc2c1ccn2S(=O)(=O)Cc1ccccc1. The van der Waals surface area contributed by atoms with Crippen LogP contribution in [-0.4, -0.2) is 40.1 Å². The molecule has 132 valence electrons. The van der Waals surface area contributed by atoms with E-state index in [-0.39, 0.29) is 29.3 Å². The van der Waals surface area contributed by atoms with E-state index < -0.39 is 10.0 Å². The maximum absolute atomic E-state index is 12.8. The first-order valence-electron chi connectivity index (χ1n) is 7.60. The van der Waals surface area contributed by atoms with Gasteiger partial charge in [-0.3, -0.25) is 0 Å². The molecular formula is C16H17ClN4O3S. The normalized spacial score (nSPS) is 13.1. The molecule has 2 heterocycles. The van der Waals surface area contributed by atoms with Gasteiger partial charge in [-0.2, -0.15) is 4.98 Å². The van der Waals surface area contributed by atoms with Gasteiger partial charge in [0.1, 0.15) is 5.82 Å². The van der Waals surface area contributed by atoms with Crippen LogP contribution in [0.25, 0.3) is 11.0 Å². The van der Waals surface area contributed by atoms with Crippen molar-refractivity contribution in [1.82, 2.24) is 13.9 Å². The quantitative estimate of drug-likeness (QED) is 0.636. The van der Waals surface area contributed by atoms with Gasteiger partial charge in [0.2, 0.25) is 15.3 Å². The Kier molecular flexibility index (Phi) is 4.94. The molecule has 25 heavy (non-hydrogen) atoms. The molecule has 0 saturated carbocycles. The van der Waals surface area contributed by atoms with Crippen molar-refractivity contribution in [3.05, 3.63) is 53.4 Å². The molecule has 0 bridgehead atoms. The molecule has 3 aromatic rings. The Hall–Kier alpha value is -2.16. The lowest BCUT2D eigenvalue weighted by molar-refractivity contribution is 0.281. The Morgan fingerprint density at radius 1 is 1.24 bits per heavy atom. The van der Waals surface area contributed by atoms with Gasteiger partial charge in [-0.25, -0.2) is 17.4 Å². The second-order valence-electron chi connectivity index (χ2n) is 5.66. The van der Waals surface area contributed by atoms with E-state index in [1.165, 1.54) is 6.20 Å². The third-order valence-corrected chi connectivity index (χ3v) is 5.39. The summed E-state index contributed by atoms with van der Waals surface area (Å²) >= 11 is 5.96. The molecule has 3 rings (SSSR count). The van der Waals surface area contributed by atoms with Crippen molar-refractivity contribution in [3.63, 3.8) is 0 Å². The number of benzene rings is 1. The van der Waals surface area contributed by atoms with Gasteiger partial charge in [0, 0.05) is 12.2 Å². The summed E-state index contributed by atoms with van der Waals surface area (Å²) < 4.78 is 26.7. The summed E-state index contributed by atoms with van der Waals surface area (Å²) in [6.07, 6.45) is 1.43. The van der Waals surface area contributed by atoms with Crippen LogP contribution in [0.3, 0.4) is 0 Å². The monoisotopic (exact) mass is 380 g/mol. The zero-order valence-electron chi connectivity index (χ0n) is 13.4. The third-order valence-electron chi connectivity index (χ3n) is 3.63. The summed E-state index contributed by atoms with van der Waals surface area (Å²) in [4.78, 5) is 8.17. The first kappa shape index (κ1) is 17.7. The average Bonchev–Trinajstić information content (AvgIpc) is 3.00. The molecule has 0 spiro atoms. The minimum absolute atomic E-state index is 0.0741. The van der Waals surface area contributed by atoms with Gasteiger partial charge in [-0.1, -0.05) is 30.3 Å². The smallest absolute Gasteiger partial charge is 0.244 e. The van der Waals surface area contributed by atoms with Crippen molar-refractivity contribution in [2.24, 2.45) is 0 Å². The summed E-state index contributed by atoms with van der Waals surface area (Å²) in [6, 6.07) is 10.3. The van der Waals surface area contributed by atoms with E-state index in [0.717, 1.165) is 3.97 Å². The Balaban J connectivity index is 2.05. The Labute approximate surface area is 150 Å². The molecule has 0 unspecified atom stereocenters. The van der Waals surface area contributed by atoms with Crippen LogP contribution < -0.4 is 5.32 Å². The van der Waals surface area contributed by atoms with Gasteiger partial charge in [0.05, 0.1) is 17.7 Å². The molecule has 0 amide bonds. The molecule has 7 nitrogen and oxygen atoms in total. The van der Waals surface area contributed by atoms with Crippen molar-refractivity contribution < 1.29 is 13.5 Å². The highest BCUT2D eigenvalue weighted by Crippen LogP contribution is 2.26. The van der Waals surface area contributed by atoms with Gasteiger partial charge < -0.3 is 10.4 Å². The Morgan fingerprint density at radius 3 is 2.64 bits per heavy atom. The van der Waals surface area contributed by atoms with Gasteiger partial charge in [-0.05, 0) is 30.2 Å². The second-order valence-corrected chi connectivity index (χ2v) is 7.84. The Morgan fingerprint density at radius 2 is 1.96 bits per heavy atom. The molecule has 2 aromatic heterocycles. The highest BCUT2D eigenvalue weighted by Gasteiger charge is 2.20. The lowest BCUT2D eigenvalue weighted by atomic mass is 10.2. The van der Waals surface area contributed by atoms with Gasteiger partial charge >= 0.3 is 0 Å². The molecule has 0 aliphatic heterocycles. The van der Waals surface area contributed by atoms with Crippen LogP contribution in [0.2, 0.25) is 5.28 Å². The van der Waals surface area contributed by atoms with E-state index in [1.54, 1.807) is 37.3 Å². The minimum Gasteiger partial charge on any atom is -0.394 e. The zero-order chi connectivity index (χ0) is 18.0. The van der Waals surface area contributed by atoms with E-state index in [1.807, 2.05) is 6.07 Å². The third kappa shape index (κ3) is 3.76. The fourth-order valence-corrected chi connectivity index (χ4v) is 4.00. The highest BCUT2D eigenvalue weighted by atomic mass is 35.5. The van der Waals surface area contributed by atoms with Gasteiger partial charge in [-0.15, -0.1) is 0 Å². The molecule has 0 saturated heterocycles. The van der Waals surface area contributed by atoms with Crippen LogP contribution in [0.4, 0.5) is 5.82 Å². The standard InChI is InChI=1S/C16H17ClN4O3S/c1-11(9-22)18-14-13-7-8-21(15(13)20-16(17)19-14)25(23,24)10-12-5-3-2-4-6-12/h2-8,11,22H,9-10H2,1H3,(H,18,19,20)/t11-/m1/s1. The lowest BCUT2D eigenvalue weighted by Crippen LogP contribution is -2.20. The molecule has 0 fully saturated rings. The molecule has 1 aromatic carbocycles. The molecule has 0 aliphatic carbocycles. The van der Waals surface area contributed by atoms with Crippen LogP contribution >= 0.6 is 11.6 Å². The largest absolute Gasteiger partial charge is 0.394 e. The Bertz CT molecular complexity index is 989. The summed E-state index contributed by atoms with van der Waals surface area (Å²) in [5.74, 6) is 0.222. The predicted octanol–water partition coefficient (Wildman–Crippen LogP) is 2.26. The van der Waals surface area contributed by atoms with Crippen LogP contribution in [0.5, 0.6) is 0 Å². The minimum atomic E-state index is -3.67. The lowest BCUT2D eigenvalue weighted by Gasteiger charge is -2.13. The number of aromatic nitrogens is 3. The molecular weight excluding hydrogens is 364 g/mol. The van der Waals surface area contributed by atoms with E-state index >= 15 is 0 Å². The predicted molar refractivity (Wildman–Crippen MR) is 97.2 cm³/mol. The number of aliphatic hydroxyl groups is 1. The van der Waals surface area contributed by atoms with E-state index in [9.17, 15) is 13.5 Å². The highest BCUT2D eigenvalue weighted by molar-refractivity contribution is 7.89. The zero-order valence-corrected chi connectivity index (χ0v) is 15.0. The molecule has 0 aliphatic rings. The first-order valence-corrected chi connectivity index (χ1v) is 9.58. The van der Waals surface area contributed by atoms with Crippen LogP contribution in [0.1, 0.15) is 12.5 Å². The number of hydrogen-bond donors (Lipinski definition) is 2. The van der Waals surface area contributed by atoms with Crippen LogP contribution in [-0.2, 0) is 15.8 Å². The molecule has 9 heteroatoms. The van der Waals surface area contributed by atoms with Crippen LogP contribution in [0, 0.1) is 0 Å². The number of rotatable bonds is 6. The van der Waals surface area contributed by atoms with Crippen molar-refractivity contribution in [2.75, 3.05) is 11.9 Å². The summed E-state index contributed by atoms with van der Waals surface area (Å²) in [6.45, 7) is 1.67.